The quantitative estimate of drug-likeness (QED) is 0.731. The predicted molar refractivity (Wildman–Crippen MR) is 66.0 cm³/mol. The lowest BCUT2D eigenvalue weighted by Crippen LogP contribution is -2.25. The van der Waals surface area contributed by atoms with Gasteiger partial charge in [0, 0.05) is 11.1 Å². The molecule has 88 valence electrons. The molecule has 0 radical (unpaired) electrons. The van der Waals surface area contributed by atoms with E-state index < -0.39 is 9.84 Å². The van der Waals surface area contributed by atoms with Crippen LogP contribution in [0.5, 0.6) is 0 Å². The molecule has 0 heterocycles. The highest BCUT2D eigenvalue weighted by atomic mass is 79.9. The van der Waals surface area contributed by atoms with Crippen LogP contribution in [0.4, 0.5) is 0 Å². The molecule has 0 saturated heterocycles. The standard InChI is InChI=1S/C11H19BrO2S/c1-2-15(13,14)4-3-11(8-12)6-9-5-10(9)7-11/h9-10H,2-8H2,1H3. The molecule has 2 aliphatic rings. The van der Waals surface area contributed by atoms with Gasteiger partial charge in [-0.1, -0.05) is 22.9 Å². The van der Waals surface area contributed by atoms with Crippen molar-refractivity contribution in [3.05, 3.63) is 0 Å². The predicted octanol–water partition coefficient (Wildman–Crippen LogP) is 2.62. The monoisotopic (exact) mass is 294 g/mol. The molecular formula is C11H19BrO2S. The van der Waals surface area contributed by atoms with Crippen molar-refractivity contribution >= 4 is 25.8 Å². The molecule has 0 bridgehead atoms. The van der Waals surface area contributed by atoms with Crippen LogP contribution in [0.25, 0.3) is 0 Å². The third-order valence-electron chi connectivity index (χ3n) is 4.13. The SMILES string of the molecule is CCS(=O)(=O)CCC1(CBr)CC2CC2C1. The van der Waals surface area contributed by atoms with E-state index in [1.165, 1.54) is 19.3 Å². The van der Waals surface area contributed by atoms with Crippen LogP contribution in [0.1, 0.15) is 32.6 Å². The first-order valence-electron chi connectivity index (χ1n) is 5.77. The van der Waals surface area contributed by atoms with Gasteiger partial charge in [-0.25, -0.2) is 8.42 Å². The van der Waals surface area contributed by atoms with Gasteiger partial charge in [-0.3, -0.25) is 0 Å². The van der Waals surface area contributed by atoms with E-state index in [0.717, 1.165) is 23.6 Å². The summed E-state index contributed by atoms with van der Waals surface area (Å²) >= 11 is 3.58. The van der Waals surface area contributed by atoms with E-state index in [-0.39, 0.29) is 5.75 Å². The molecular weight excluding hydrogens is 276 g/mol. The Balaban J connectivity index is 1.92. The Bertz CT molecular complexity index is 326. The summed E-state index contributed by atoms with van der Waals surface area (Å²) in [4.78, 5) is 0. The Kier molecular flexibility index (Phi) is 3.19. The molecule has 0 aromatic carbocycles. The molecule has 2 unspecified atom stereocenters. The van der Waals surface area contributed by atoms with E-state index in [4.69, 9.17) is 0 Å². The highest BCUT2D eigenvalue weighted by Gasteiger charge is 2.52. The molecule has 15 heavy (non-hydrogen) atoms. The van der Waals surface area contributed by atoms with Crippen molar-refractivity contribution in [2.24, 2.45) is 17.3 Å². The van der Waals surface area contributed by atoms with Crippen LogP contribution in [0.2, 0.25) is 0 Å². The van der Waals surface area contributed by atoms with Crippen molar-refractivity contribution in [3.63, 3.8) is 0 Å². The van der Waals surface area contributed by atoms with Crippen molar-refractivity contribution in [2.75, 3.05) is 16.8 Å². The fraction of sp³-hybridized carbons (Fsp3) is 1.00. The third-order valence-corrected chi connectivity index (χ3v) is 7.02. The summed E-state index contributed by atoms with van der Waals surface area (Å²) < 4.78 is 23.0. The zero-order valence-electron chi connectivity index (χ0n) is 9.21. The first-order chi connectivity index (χ1) is 7.00. The summed E-state index contributed by atoms with van der Waals surface area (Å²) in [7, 11) is -2.78. The van der Waals surface area contributed by atoms with Gasteiger partial charge in [0.05, 0.1) is 5.75 Å². The molecule has 4 heteroatoms. The normalized spacial score (nSPS) is 39.1. The molecule has 2 nitrogen and oxygen atoms in total. The highest BCUT2D eigenvalue weighted by molar-refractivity contribution is 9.09. The van der Waals surface area contributed by atoms with E-state index in [9.17, 15) is 8.42 Å². The maximum absolute atomic E-state index is 11.5. The summed E-state index contributed by atoms with van der Waals surface area (Å²) in [6, 6.07) is 0. The lowest BCUT2D eigenvalue weighted by Gasteiger charge is -2.28. The Morgan fingerprint density at radius 2 is 1.93 bits per heavy atom. The average molecular weight is 295 g/mol. The zero-order valence-corrected chi connectivity index (χ0v) is 11.6. The van der Waals surface area contributed by atoms with Crippen LogP contribution in [-0.2, 0) is 9.84 Å². The number of alkyl halides is 1. The first-order valence-corrected chi connectivity index (χ1v) is 8.71. The Labute approximate surface area is 101 Å². The highest BCUT2D eigenvalue weighted by Crippen LogP contribution is 2.61. The average Bonchev–Trinajstić information content (AvgIpc) is 2.84. The van der Waals surface area contributed by atoms with Crippen molar-refractivity contribution in [1.29, 1.82) is 0 Å². The summed E-state index contributed by atoms with van der Waals surface area (Å²) in [6.07, 6.45) is 4.76. The molecule has 0 N–H and O–H groups in total. The third kappa shape index (κ3) is 2.57. The van der Waals surface area contributed by atoms with E-state index >= 15 is 0 Å². The largest absolute Gasteiger partial charge is 0.229 e. The fourth-order valence-corrected chi connectivity index (χ4v) is 4.67. The van der Waals surface area contributed by atoms with Crippen LogP contribution >= 0.6 is 15.9 Å². The van der Waals surface area contributed by atoms with Gasteiger partial charge in [0.2, 0.25) is 0 Å². The Morgan fingerprint density at radius 3 is 2.40 bits per heavy atom. The summed E-state index contributed by atoms with van der Waals surface area (Å²) in [5, 5.41) is 0.978. The number of hydrogen-bond acceptors (Lipinski definition) is 2. The maximum atomic E-state index is 11.5. The van der Waals surface area contributed by atoms with Gasteiger partial charge in [0.15, 0.2) is 0 Å². The molecule has 2 fully saturated rings. The molecule has 2 atom stereocenters. The van der Waals surface area contributed by atoms with Gasteiger partial charge < -0.3 is 0 Å². The van der Waals surface area contributed by atoms with Gasteiger partial charge in [0.1, 0.15) is 9.84 Å². The minimum absolute atomic E-state index is 0.290. The van der Waals surface area contributed by atoms with Gasteiger partial charge in [-0.2, -0.15) is 0 Å². The van der Waals surface area contributed by atoms with Gasteiger partial charge in [-0.05, 0) is 42.9 Å². The van der Waals surface area contributed by atoms with E-state index in [2.05, 4.69) is 15.9 Å². The van der Waals surface area contributed by atoms with Crippen molar-refractivity contribution in [1.82, 2.24) is 0 Å². The first kappa shape index (κ1) is 11.9. The van der Waals surface area contributed by atoms with E-state index in [0.29, 0.717) is 11.2 Å². The molecule has 0 aromatic heterocycles. The fourth-order valence-electron chi connectivity index (χ4n) is 2.90. The van der Waals surface area contributed by atoms with Gasteiger partial charge in [-0.15, -0.1) is 0 Å². The Hall–Kier alpha value is 0.430. The number of hydrogen-bond donors (Lipinski definition) is 0. The smallest absolute Gasteiger partial charge is 0.150 e. The molecule has 0 spiro atoms. The van der Waals surface area contributed by atoms with Crippen LogP contribution in [-0.4, -0.2) is 25.3 Å². The van der Waals surface area contributed by atoms with E-state index in [1.807, 2.05) is 0 Å². The van der Waals surface area contributed by atoms with Crippen LogP contribution in [0.3, 0.4) is 0 Å². The second-order valence-corrected chi connectivity index (χ2v) is 8.32. The minimum Gasteiger partial charge on any atom is -0.229 e. The second-order valence-electron chi connectivity index (χ2n) is 5.28. The lowest BCUT2D eigenvalue weighted by atomic mass is 9.83. The number of sulfone groups is 1. The maximum Gasteiger partial charge on any atom is 0.150 e. The molecule has 2 saturated carbocycles. The zero-order chi connectivity index (χ0) is 11.1. The van der Waals surface area contributed by atoms with E-state index in [1.54, 1.807) is 6.92 Å². The molecule has 2 aliphatic carbocycles. The van der Waals surface area contributed by atoms with Crippen molar-refractivity contribution < 1.29 is 8.42 Å². The molecule has 2 rings (SSSR count). The second kappa shape index (κ2) is 4.02. The summed E-state index contributed by atoms with van der Waals surface area (Å²) in [5.41, 5.74) is 0.301. The van der Waals surface area contributed by atoms with Gasteiger partial charge >= 0.3 is 0 Å². The number of halogens is 1. The topological polar surface area (TPSA) is 34.1 Å². The number of fused-ring (bicyclic) bond motifs is 1. The minimum atomic E-state index is -2.78. The van der Waals surface area contributed by atoms with Crippen LogP contribution in [0.15, 0.2) is 0 Å². The summed E-state index contributed by atoms with van der Waals surface area (Å²) in [5.74, 6) is 2.52. The lowest BCUT2D eigenvalue weighted by molar-refractivity contribution is 0.299. The Morgan fingerprint density at radius 1 is 1.33 bits per heavy atom. The van der Waals surface area contributed by atoms with Crippen molar-refractivity contribution in [3.8, 4) is 0 Å². The molecule has 0 amide bonds. The van der Waals surface area contributed by atoms with Crippen LogP contribution in [0, 0.1) is 17.3 Å². The molecule has 0 aliphatic heterocycles. The van der Waals surface area contributed by atoms with Crippen LogP contribution < -0.4 is 0 Å². The van der Waals surface area contributed by atoms with Crippen molar-refractivity contribution in [2.45, 2.75) is 32.6 Å². The number of rotatable bonds is 5. The van der Waals surface area contributed by atoms with Gasteiger partial charge in [0.25, 0.3) is 0 Å². The summed E-state index contributed by atoms with van der Waals surface area (Å²) in [6.45, 7) is 1.74. The molecule has 0 aromatic rings.